The molecular weight excluding hydrogens is 314 g/mol. The van der Waals surface area contributed by atoms with Crippen LogP contribution in [0.3, 0.4) is 0 Å². The van der Waals surface area contributed by atoms with Crippen molar-refractivity contribution in [2.24, 2.45) is 0 Å². The minimum absolute atomic E-state index is 0.0285. The van der Waals surface area contributed by atoms with Crippen LogP contribution in [0.25, 0.3) is 11.0 Å². The minimum Gasteiger partial charge on any atom is -0.342 e. The van der Waals surface area contributed by atoms with Crippen molar-refractivity contribution in [2.45, 2.75) is 37.6 Å². The molecule has 2 bridgehead atoms. The molecule has 6 heteroatoms. The first-order valence-electron chi connectivity index (χ1n) is 9.53. The second kappa shape index (κ2) is 6.11. The van der Waals surface area contributed by atoms with Crippen molar-refractivity contribution in [1.82, 2.24) is 19.8 Å². The molecule has 6 rings (SSSR count). The number of carbonyl (C=O) groups is 1. The van der Waals surface area contributed by atoms with Crippen LogP contribution in [0.15, 0.2) is 18.2 Å². The molecule has 1 aliphatic carbocycles. The van der Waals surface area contributed by atoms with Crippen LogP contribution in [0.1, 0.15) is 37.4 Å². The first kappa shape index (κ1) is 15.3. The summed E-state index contributed by atoms with van der Waals surface area (Å²) in [5.74, 6) is 1.81. The topological polar surface area (TPSA) is 64.3 Å². The highest BCUT2D eigenvalue weighted by Gasteiger charge is 2.34. The number of hydrogen-bond donors (Lipinski definition) is 2. The summed E-state index contributed by atoms with van der Waals surface area (Å²) in [6.45, 7) is 5.09. The van der Waals surface area contributed by atoms with Crippen LogP contribution in [0, 0.1) is 0 Å². The van der Waals surface area contributed by atoms with Crippen LogP contribution < -0.4 is 5.32 Å². The van der Waals surface area contributed by atoms with Gasteiger partial charge < -0.3 is 10.3 Å². The van der Waals surface area contributed by atoms with Gasteiger partial charge in [-0.3, -0.25) is 14.6 Å². The lowest BCUT2D eigenvalue weighted by Gasteiger charge is -2.36. The molecule has 6 nitrogen and oxygen atoms in total. The summed E-state index contributed by atoms with van der Waals surface area (Å²) in [7, 11) is 0. The number of rotatable bonds is 3. The Morgan fingerprint density at radius 1 is 1.16 bits per heavy atom. The van der Waals surface area contributed by atoms with Gasteiger partial charge in [0.2, 0.25) is 5.91 Å². The van der Waals surface area contributed by atoms with Gasteiger partial charge in [0.15, 0.2) is 0 Å². The average Bonchev–Trinajstić information content (AvgIpc) is 2.72. The molecule has 132 valence electrons. The van der Waals surface area contributed by atoms with Crippen molar-refractivity contribution < 1.29 is 4.79 Å². The van der Waals surface area contributed by atoms with E-state index in [2.05, 4.69) is 20.1 Å². The molecule has 1 aromatic heterocycles. The first-order valence-corrected chi connectivity index (χ1v) is 9.53. The number of benzene rings is 1. The van der Waals surface area contributed by atoms with Crippen LogP contribution in [0.4, 0.5) is 5.69 Å². The third-order valence-corrected chi connectivity index (χ3v) is 6.06. The number of nitrogens with zero attached hydrogens (tertiary/aromatic N) is 3. The lowest BCUT2D eigenvalue weighted by atomic mass is 9.85. The second-order valence-corrected chi connectivity index (χ2v) is 7.68. The summed E-state index contributed by atoms with van der Waals surface area (Å²) in [6, 6.07) is 5.97. The Hall–Kier alpha value is -1.92. The van der Waals surface area contributed by atoms with Crippen LogP contribution in [-0.2, 0) is 4.79 Å². The predicted octanol–water partition coefficient (Wildman–Crippen LogP) is 2.16. The molecule has 25 heavy (non-hydrogen) atoms. The maximum atomic E-state index is 12.8. The molecule has 1 saturated carbocycles. The smallest absolute Gasteiger partial charge is 0.243 e. The summed E-state index contributed by atoms with van der Waals surface area (Å²) in [6.07, 6.45) is 4.93. The highest BCUT2D eigenvalue weighted by atomic mass is 16.2. The molecule has 3 aliphatic heterocycles. The third kappa shape index (κ3) is 2.83. The Labute approximate surface area is 147 Å². The van der Waals surface area contributed by atoms with E-state index in [1.54, 1.807) is 0 Å². The van der Waals surface area contributed by atoms with E-state index >= 15 is 0 Å². The molecule has 3 atom stereocenters. The lowest BCUT2D eigenvalue weighted by Crippen LogP contribution is -2.55. The van der Waals surface area contributed by atoms with E-state index in [0.717, 1.165) is 61.7 Å². The van der Waals surface area contributed by atoms with Gasteiger partial charge in [-0.25, -0.2) is 4.98 Å². The van der Waals surface area contributed by atoms with E-state index in [9.17, 15) is 4.79 Å². The standard InChI is InChI=1S/C19H25N5O/c25-19(17-12-23-7-2-8-24(17)10-9-23)20-14-5-6-15-16(11-14)22-18(21-15)13-3-1-4-13/h5-6,11,13,17H,1-4,7-10,12H2,(H,20,25)(H,21,22). The van der Waals surface area contributed by atoms with Crippen LogP contribution in [0.5, 0.6) is 0 Å². The number of imidazole rings is 1. The Bertz CT molecular complexity index is 792. The number of hydrogen-bond acceptors (Lipinski definition) is 4. The summed E-state index contributed by atoms with van der Waals surface area (Å²) in [4.78, 5) is 25.7. The molecule has 3 saturated heterocycles. The zero-order chi connectivity index (χ0) is 16.8. The minimum atomic E-state index is -0.0285. The molecule has 1 aromatic carbocycles. The fourth-order valence-corrected chi connectivity index (χ4v) is 4.30. The highest BCUT2D eigenvalue weighted by molar-refractivity contribution is 5.96. The summed E-state index contributed by atoms with van der Waals surface area (Å²) >= 11 is 0. The van der Waals surface area contributed by atoms with Gasteiger partial charge in [0.25, 0.3) is 0 Å². The molecule has 1 amide bonds. The van der Waals surface area contributed by atoms with E-state index < -0.39 is 0 Å². The van der Waals surface area contributed by atoms with Gasteiger partial charge in [0.1, 0.15) is 11.9 Å². The molecule has 4 fully saturated rings. The van der Waals surface area contributed by atoms with E-state index in [1.165, 1.54) is 19.3 Å². The Morgan fingerprint density at radius 2 is 2.08 bits per heavy atom. The van der Waals surface area contributed by atoms with Gasteiger partial charge in [-0.15, -0.1) is 0 Å². The van der Waals surface area contributed by atoms with Crippen molar-refractivity contribution in [3.63, 3.8) is 0 Å². The van der Waals surface area contributed by atoms with Crippen LogP contribution in [-0.4, -0.2) is 64.4 Å². The van der Waals surface area contributed by atoms with Gasteiger partial charge in [-0.05, 0) is 44.0 Å². The van der Waals surface area contributed by atoms with E-state index in [-0.39, 0.29) is 11.9 Å². The van der Waals surface area contributed by atoms with Crippen molar-refractivity contribution in [1.29, 1.82) is 0 Å². The fourth-order valence-electron chi connectivity index (χ4n) is 4.30. The average molecular weight is 339 g/mol. The number of fused-ring (bicyclic) bond motifs is 5. The molecular formula is C19H25N5O. The monoisotopic (exact) mass is 339 g/mol. The Morgan fingerprint density at radius 3 is 2.92 bits per heavy atom. The number of nitrogens with one attached hydrogen (secondary N) is 2. The number of aromatic nitrogens is 2. The molecule has 3 unspecified atom stereocenters. The summed E-state index contributed by atoms with van der Waals surface area (Å²) in [5.41, 5.74) is 2.87. The van der Waals surface area contributed by atoms with Crippen LogP contribution in [0.2, 0.25) is 0 Å². The zero-order valence-corrected chi connectivity index (χ0v) is 14.5. The molecule has 2 aromatic rings. The lowest BCUT2D eigenvalue weighted by molar-refractivity contribution is -0.122. The predicted molar refractivity (Wildman–Crippen MR) is 97.7 cm³/mol. The Balaban J connectivity index is 1.33. The van der Waals surface area contributed by atoms with Crippen molar-refractivity contribution >= 4 is 22.6 Å². The molecule has 4 aliphatic rings. The molecule has 0 spiro atoms. The summed E-state index contributed by atoms with van der Waals surface area (Å²) < 4.78 is 0. The van der Waals surface area contributed by atoms with E-state index in [0.29, 0.717) is 5.92 Å². The Kier molecular flexibility index (Phi) is 3.75. The van der Waals surface area contributed by atoms with Gasteiger partial charge >= 0.3 is 0 Å². The van der Waals surface area contributed by atoms with E-state index in [4.69, 9.17) is 4.98 Å². The van der Waals surface area contributed by atoms with Crippen molar-refractivity contribution in [2.75, 3.05) is 38.0 Å². The number of H-pyrrole nitrogens is 1. The SMILES string of the molecule is O=C(Nc1ccc2nc(C3CCC3)[nH]c2c1)C1CN2CCCN1CC2. The molecule has 4 heterocycles. The maximum absolute atomic E-state index is 12.8. The van der Waals surface area contributed by atoms with Gasteiger partial charge in [0, 0.05) is 37.8 Å². The van der Waals surface area contributed by atoms with Crippen molar-refractivity contribution in [3.8, 4) is 0 Å². The molecule has 0 radical (unpaired) electrons. The third-order valence-electron chi connectivity index (χ3n) is 6.06. The number of aromatic amines is 1. The number of piperazine rings is 1. The number of anilines is 1. The zero-order valence-electron chi connectivity index (χ0n) is 14.5. The van der Waals surface area contributed by atoms with Crippen molar-refractivity contribution in [3.05, 3.63) is 24.0 Å². The second-order valence-electron chi connectivity index (χ2n) is 7.68. The first-order chi connectivity index (χ1) is 12.3. The molecule has 2 N–H and O–H groups in total. The van der Waals surface area contributed by atoms with Gasteiger partial charge in [-0.1, -0.05) is 6.42 Å². The number of carbonyl (C=O) groups excluding carboxylic acids is 1. The normalized spacial score (nSPS) is 29.4. The largest absolute Gasteiger partial charge is 0.342 e. The quantitative estimate of drug-likeness (QED) is 0.899. The maximum Gasteiger partial charge on any atom is 0.243 e. The van der Waals surface area contributed by atoms with Gasteiger partial charge in [0.05, 0.1) is 11.0 Å². The van der Waals surface area contributed by atoms with Gasteiger partial charge in [-0.2, -0.15) is 0 Å². The fraction of sp³-hybridized carbons (Fsp3) is 0.579. The van der Waals surface area contributed by atoms with Crippen LogP contribution >= 0.6 is 0 Å². The summed E-state index contributed by atoms with van der Waals surface area (Å²) in [5, 5.41) is 3.13. The number of amides is 1. The highest BCUT2D eigenvalue weighted by Crippen LogP contribution is 2.35. The van der Waals surface area contributed by atoms with E-state index in [1.807, 2.05) is 18.2 Å².